The van der Waals surface area contributed by atoms with Gasteiger partial charge >= 0.3 is 0 Å². The molecular formula is C14H19N3OS. The molecule has 0 spiro atoms. The summed E-state index contributed by atoms with van der Waals surface area (Å²) in [5.41, 5.74) is 0. The number of ether oxygens (including phenoxy) is 1. The fourth-order valence-electron chi connectivity index (χ4n) is 2.35. The van der Waals surface area contributed by atoms with Crippen molar-refractivity contribution in [2.24, 2.45) is 0 Å². The average molecular weight is 277 g/mol. The molecule has 1 aliphatic heterocycles. The second-order valence-corrected chi connectivity index (χ2v) is 5.57. The molecule has 0 atom stereocenters. The van der Waals surface area contributed by atoms with E-state index in [1.165, 1.54) is 10.1 Å². The van der Waals surface area contributed by atoms with E-state index in [2.05, 4.69) is 38.9 Å². The molecule has 4 nitrogen and oxygen atoms in total. The maximum absolute atomic E-state index is 5.35. The summed E-state index contributed by atoms with van der Waals surface area (Å²) < 4.78 is 11.1. The average Bonchev–Trinajstić information content (AvgIpc) is 2.88. The van der Waals surface area contributed by atoms with Gasteiger partial charge in [0.25, 0.3) is 0 Å². The summed E-state index contributed by atoms with van der Waals surface area (Å²) in [5.74, 6) is 1.03. The molecule has 1 saturated heterocycles. The van der Waals surface area contributed by atoms with Gasteiger partial charge in [-0.05, 0) is 36.6 Å². The third kappa shape index (κ3) is 3.23. The summed E-state index contributed by atoms with van der Waals surface area (Å²) in [6, 6.07) is 8.37. The zero-order valence-electron chi connectivity index (χ0n) is 11.0. The highest BCUT2D eigenvalue weighted by atomic mass is 32.1. The highest BCUT2D eigenvalue weighted by Crippen LogP contribution is 2.25. The summed E-state index contributed by atoms with van der Waals surface area (Å²) in [4.78, 5) is 2.46. The molecule has 1 aliphatic rings. The third-order valence-corrected chi connectivity index (χ3v) is 4.25. The minimum absolute atomic E-state index is 0.879. The van der Waals surface area contributed by atoms with Crippen LogP contribution in [0.15, 0.2) is 24.3 Å². The smallest absolute Gasteiger partial charge is 0.147 e. The van der Waals surface area contributed by atoms with Gasteiger partial charge in [-0.15, -0.1) is 0 Å². The molecule has 0 unspecified atom stereocenters. The molecular weight excluding hydrogens is 258 g/mol. The van der Waals surface area contributed by atoms with Gasteiger partial charge in [0.15, 0.2) is 0 Å². The van der Waals surface area contributed by atoms with Gasteiger partial charge in [-0.3, -0.25) is 4.90 Å². The van der Waals surface area contributed by atoms with Gasteiger partial charge in [-0.1, -0.05) is 12.1 Å². The van der Waals surface area contributed by atoms with Crippen molar-refractivity contribution >= 4 is 27.4 Å². The topological polar surface area (TPSA) is 37.4 Å². The molecule has 3 rings (SSSR count). The lowest BCUT2D eigenvalue weighted by molar-refractivity contribution is 0.0378. The third-order valence-electron chi connectivity index (χ3n) is 3.42. The van der Waals surface area contributed by atoms with Gasteiger partial charge in [-0.2, -0.15) is 4.37 Å². The summed E-state index contributed by atoms with van der Waals surface area (Å²) in [6.45, 7) is 6.01. The number of fused-ring (bicyclic) bond motifs is 1. The highest BCUT2D eigenvalue weighted by Gasteiger charge is 2.09. The molecule has 0 bridgehead atoms. The molecule has 2 heterocycles. The van der Waals surface area contributed by atoms with Gasteiger partial charge in [0.2, 0.25) is 0 Å². The lowest BCUT2D eigenvalue weighted by Crippen LogP contribution is -2.37. The van der Waals surface area contributed by atoms with E-state index in [0.29, 0.717) is 0 Å². The minimum Gasteiger partial charge on any atom is -0.379 e. The normalized spacial score (nSPS) is 16.8. The number of anilines is 1. The first kappa shape index (κ1) is 12.8. The van der Waals surface area contributed by atoms with Gasteiger partial charge < -0.3 is 10.1 Å². The predicted octanol–water partition coefficient (Wildman–Crippen LogP) is 2.43. The zero-order chi connectivity index (χ0) is 12.9. The summed E-state index contributed by atoms with van der Waals surface area (Å²) in [6.07, 6.45) is 1.14. The second kappa shape index (κ2) is 6.32. The van der Waals surface area contributed by atoms with Gasteiger partial charge in [0.05, 0.1) is 17.9 Å². The van der Waals surface area contributed by atoms with Crippen molar-refractivity contribution in [1.82, 2.24) is 9.27 Å². The van der Waals surface area contributed by atoms with E-state index in [0.717, 1.165) is 51.6 Å². The van der Waals surface area contributed by atoms with E-state index in [9.17, 15) is 0 Å². The number of benzene rings is 1. The number of nitrogens with zero attached hydrogens (tertiary/aromatic N) is 2. The Morgan fingerprint density at radius 2 is 2.11 bits per heavy atom. The molecule has 102 valence electrons. The van der Waals surface area contributed by atoms with Crippen LogP contribution in [-0.4, -0.2) is 48.7 Å². The van der Waals surface area contributed by atoms with Crippen LogP contribution >= 0.6 is 11.5 Å². The Morgan fingerprint density at radius 3 is 3.00 bits per heavy atom. The molecule has 1 N–H and O–H groups in total. The lowest BCUT2D eigenvalue weighted by atomic mass is 10.2. The number of morpholine rings is 1. The molecule has 1 fully saturated rings. The van der Waals surface area contributed by atoms with Crippen LogP contribution in [-0.2, 0) is 4.74 Å². The van der Waals surface area contributed by atoms with Crippen molar-refractivity contribution in [2.75, 3.05) is 44.7 Å². The zero-order valence-corrected chi connectivity index (χ0v) is 11.8. The molecule has 0 radical (unpaired) electrons. The Kier molecular flexibility index (Phi) is 4.27. The molecule has 0 saturated carbocycles. The number of hydrogen-bond acceptors (Lipinski definition) is 5. The van der Waals surface area contributed by atoms with Crippen LogP contribution in [0.25, 0.3) is 10.1 Å². The van der Waals surface area contributed by atoms with Crippen molar-refractivity contribution in [2.45, 2.75) is 6.42 Å². The summed E-state index contributed by atoms with van der Waals surface area (Å²) >= 11 is 1.56. The predicted molar refractivity (Wildman–Crippen MR) is 80.0 cm³/mol. The van der Waals surface area contributed by atoms with E-state index in [1.54, 1.807) is 11.5 Å². The first-order valence-electron chi connectivity index (χ1n) is 6.82. The number of nitrogens with one attached hydrogen (secondary N) is 1. The largest absolute Gasteiger partial charge is 0.379 e. The van der Waals surface area contributed by atoms with Crippen molar-refractivity contribution in [3.8, 4) is 0 Å². The van der Waals surface area contributed by atoms with Gasteiger partial charge in [0, 0.05) is 25.0 Å². The Hall–Kier alpha value is -1.17. The Morgan fingerprint density at radius 1 is 1.26 bits per heavy atom. The van der Waals surface area contributed by atoms with Crippen LogP contribution in [0.4, 0.5) is 5.82 Å². The first-order chi connectivity index (χ1) is 9.43. The standard InChI is InChI=1S/C14H19N3OS/c1-2-5-13-12(4-1)14(16-19-13)15-6-3-7-17-8-10-18-11-9-17/h1-2,4-5H,3,6-11H2,(H,15,16). The summed E-state index contributed by atoms with van der Waals surface area (Å²) in [7, 11) is 0. The van der Waals surface area contributed by atoms with E-state index >= 15 is 0 Å². The minimum atomic E-state index is 0.879. The van der Waals surface area contributed by atoms with Crippen molar-refractivity contribution < 1.29 is 4.74 Å². The number of hydrogen-bond donors (Lipinski definition) is 1. The molecule has 1 aromatic heterocycles. The lowest BCUT2D eigenvalue weighted by Gasteiger charge is -2.26. The van der Waals surface area contributed by atoms with Crippen LogP contribution in [0.2, 0.25) is 0 Å². The molecule has 1 aromatic carbocycles. The second-order valence-electron chi connectivity index (χ2n) is 4.76. The van der Waals surface area contributed by atoms with Crippen LogP contribution < -0.4 is 5.32 Å². The molecule has 2 aromatic rings. The van der Waals surface area contributed by atoms with E-state index in [4.69, 9.17) is 4.74 Å². The Bertz CT molecular complexity index is 522. The molecule has 19 heavy (non-hydrogen) atoms. The summed E-state index contributed by atoms with van der Waals surface area (Å²) in [5, 5.41) is 4.68. The first-order valence-corrected chi connectivity index (χ1v) is 7.59. The quantitative estimate of drug-likeness (QED) is 0.852. The Balaban J connectivity index is 1.47. The van der Waals surface area contributed by atoms with Crippen LogP contribution in [0.3, 0.4) is 0 Å². The molecule has 0 amide bonds. The molecule has 0 aliphatic carbocycles. The molecule has 5 heteroatoms. The van der Waals surface area contributed by atoms with Crippen molar-refractivity contribution in [3.05, 3.63) is 24.3 Å². The Labute approximate surface area is 117 Å². The number of aromatic nitrogens is 1. The fraction of sp³-hybridized carbons (Fsp3) is 0.500. The maximum atomic E-state index is 5.35. The van der Waals surface area contributed by atoms with E-state index in [-0.39, 0.29) is 0 Å². The monoisotopic (exact) mass is 277 g/mol. The van der Waals surface area contributed by atoms with E-state index in [1.807, 2.05) is 0 Å². The fourth-order valence-corrected chi connectivity index (χ4v) is 3.10. The van der Waals surface area contributed by atoms with Crippen molar-refractivity contribution in [3.63, 3.8) is 0 Å². The van der Waals surface area contributed by atoms with Crippen LogP contribution in [0, 0.1) is 0 Å². The van der Waals surface area contributed by atoms with Crippen LogP contribution in [0.5, 0.6) is 0 Å². The maximum Gasteiger partial charge on any atom is 0.147 e. The van der Waals surface area contributed by atoms with Gasteiger partial charge in [-0.25, -0.2) is 0 Å². The van der Waals surface area contributed by atoms with E-state index < -0.39 is 0 Å². The number of rotatable bonds is 5. The van der Waals surface area contributed by atoms with Gasteiger partial charge in [0.1, 0.15) is 5.82 Å². The highest BCUT2D eigenvalue weighted by molar-refractivity contribution is 7.13. The SMILES string of the molecule is c1ccc2c(NCCCN3CCOCC3)nsc2c1. The van der Waals surface area contributed by atoms with Crippen molar-refractivity contribution in [1.29, 1.82) is 0 Å². The van der Waals surface area contributed by atoms with Crippen LogP contribution in [0.1, 0.15) is 6.42 Å².